The summed E-state index contributed by atoms with van der Waals surface area (Å²) < 4.78 is 11.8. The van der Waals surface area contributed by atoms with Crippen LogP contribution < -0.4 is 15.8 Å². The van der Waals surface area contributed by atoms with E-state index < -0.39 is 11.8 Å². The number of rotatable bonds is 4. The van der Waals surface area contributed by atoms with Gasteiger partial charge in [-0.1, -0.05) is 24.3 Å². The highest BCUT2D eigenvalue weighted by Gasteiger charge is 2.11. The van der Waals surface area contributed by atoms with Crippen LogP contribution in [0.3, 0.4) is 0 Å². The summed E-state index contributed by atoms with van der Waals surface area (Å²) in [6.07, 6.45) is -0.537. The SMILES string of the molecule is Cn1c(=O)oc2cc(-c3csc(CNC(=O)Oc4ccccc4)n3)ccc21. The third-order valence-electron chi connectivity index (χ3n) is 3.98. The predicted octanol–water partition coefficient (Wildman–Crippen LogP) is 3.54. The molecule has 0 radical (unpaired) electrons. The van der Waals surface area contributed by atoms with Gasteiger partial charge in [0, 0.05) is 18.0 Å². The fourth-order valence-corrected chi connectivity index (χ4v) is 3.34. The Balaban J connectivity index is 1.44. The van der Waals surface area contributed by atoms with Gasteiger partial charge in [-0.3, -0.25) is 4.57 Å². The summed E-state index contributed by atoms with van der Waals surface area (Å²) >= 11 is 1.43. The van der Waals surface area contributed by atoms with Gasteiger partial charge in [-0.05, 0) is 24.3 Å². The number of nitrogens with one attached hydrogen (secondary N) is 1. The van der Waals surface area contributed by atoms with Crippen molar-refractivity contribution in [3.05, 3.63) is 69.5 Å². The van der Waals surface area contributed by atoms with E-state index in [2.05, 4.69) is 10.3 Å². The van der Waals surface area contributed by atoms with Crippen LogP contribution in [0.4, 0.5) is 4.79 Å². The molecule has 1 N–H and O–H groups in total. The Bertz CT molecular complexity index is 1160. The Kier molecular flexibility index (Phi) is 4.47. The number of carbonyl (C=O) groups is 1. The number of carbonyl (C=O) groups excluding carboxylic acids is 1. The van der Waals surface area contributed by atoms with Crippen molar-refractivity contribution in [3.8, 4) is 17.0 Å². The maximum atomic E-state index is 11.8. The van der Waals surface area contributed by atoms with E-state index in [0.29, 0.717) is 11.3 Å². The van der Waals surface area contributed by atoms with Crippen LogP contribution in [-0.4, -0.2) is 15.6 Å². The van der Waals surface area contributed by atoms with E-state index in [9.17, 15) is 9.59 Å². The van der Waals surface area contributed by atoms with E-state index in [1.807, 2.05) is 23.6 Å². The Morgan fingerprint density at radius 1 is 1.26 bits per heavy atom. The average molecular weight is 381 g/mol. The molecule has 0 bridgehead atoms. The van der Waals surface area contributed by atoms with Crippen LogP contribution in [0.2, 0.25) is 0 Å². The van der Waals surface area contributed by atoms with E-state index in [1.165, 1.54) is 15.9 Å². The van der Waals surface area contributed by atoms with Gasteiger partial charge in [0.15, 0.2) is 5.58 Å². The molecular formula is C19H15N3O4S. The molecule has 2 aromatic carbocycles. The van der Waals surface area contributed by atoms with Crippen molar-refractivity contribution >= 4 is 28.5 Å². The number of ether oxygens (including phenoxy) is 1. The van der Waals surface area contributed by atoms with Crippen LogP contribution in [0.1, 0.15) is 5.01 Å². The average Bonchev–Trinajstić information content (AvgIpc) is 3.26. The topological polar surface area (TPSA) is 86.4 Å². The molecule has 0 saturated carbocycles. The quantitative estimate of drug-likeness (QED) is 0.584. The lowest BCUT2D eigenvalue weighted by atomic mass is 10.1. The lowest BCUT2D eigenvalue weighted by molar-refractivity contribution is 0.200. The molecule has 0 saturated heterocycles. The summed E-state index contributed by atoms with van der Waals surface area (Å²) in [6.45, 7) is 0.263. The monoisotopic (exact) mass is 381 g/mol. The van der Waals surface area contributed by atoms with Crippen molar-refractivity contribution in [1.29, 1.82) is 0 Å². The first-order valence-electron chi connectivity index (χ1n) is 8.15. The second-order valence-electron chi connectivity index (χ2n) is 5.79. The van der Waals surface area contributed by atoms with E-state index in [1.54, 1.807) is 37.4 Å². The molecule has 0 aliphatic heterocycles. The molecule has 0 aliphatic rings. The number of aromatic nitrogens is 2. The molecule has 0 fully saturated rings. The van der Waals surface area contributed by atoms with Crippen LogP contribution in [0.15, 0.2) is 63.1 Å². The summed E-state index contributed by atoms with van der Waals surface area (Å²) in [5, 5.41) is 5.31. The highest BCUT2D eigenvalue weighted by molar-refractivity contribution is 7.09. The molecule has 2 heterocycles. The van der Waals surface area contributed by atoms with Crippen molar-refractivity contribution in [1.82, 2.24) is 14.9 Å². The van der Waals surface area contributed by atoms with Crippen LogP contribution in [0.5, 0.6) is 5.75 Å². The zero-order valence-electron chi connectivity index (χ0n) is 14.3. The molecule has 8 heteroatoms. The van der Waals surface area contributed by atoms with E-state index in [-0.39, 0.29) is 6.54 Å². The Morgan fingerprint density at radius 2 is 2.07 bits per heavy atom. The molecule has 7 nitrogen and oxygen atoms in total. The number of para-hydroxylation sites is 1. The van der Waals surface area contributed by atoms with Crippen LogP contribution in [0.25, 0.3) is 22.4 Å². The van der Waals surface area contributed by atoms with E-state index in [0.717, 1.165) is 21.8 Å². The number of hydrogen-bond acceptors (Lipinski definition) is 6. The van der Waals surface area contributed by atoms with Gasteiger partial charge < -0.3 is 14.5 Å². The van der Waals surface area contributed by atoms with Gasteiger partial charge in [0.1, 0.15) is 10.8 Å². The minimum atomic E-state index is -0.537. The Labute approximate surface area is 157 Å². The molecular weight excluding hydrogens is 366 g/mol. The van der Waals surface area contributed by atoms with Gasteiger partial charge in [-0.15, -0.1) is 11.3 Å². The molecule has 4 aromatic rings. The van der Waals surface area contributed by atoms with Crippen molar-refractivity contribution < 1.29 is 13.9 Å². The number of fused-ring (bicyclic) bond motifs is 1. The summed E-state index contributed by atoms with van der Waals surface area (Å²) in [5.74, 6) is 0.0785. The Morgan fingerprint density at radius 3 is 2.89 bits per heavy atom. The third kappa shape index (κ3) is 3.61. The van der Waals surface area contributed by atoms with Crippen molar-refractivity contribution in [2.45, 2.75) is 6.54 Å². The number of benzene rings is 2. The molecule has 2 aromatic heterocycles. The second-order valence-corrected chi connectivity index (χ2v) is 6.73. The molecule has 4 rings (SSSR count). The van der Waals surface area contributed by atoms with Crippen LogP contribution in [0, 0.1) is 0 Å². The normalized spacial score (nSPS) is 10.9. The standard InChI is InChI=1S/C19H15N3O4S/c1-22-15-8-7-12(9-16(15)26-19(22)24)14-11-27-17(21-14)10-20-18(23)25-13-5-3-2-4-6-13/h2-9,11H,10H2,1H3,(H,20,23). The summed E-state index contributed by atoms with van der Waals surface area (Å²) in [4.78, 5) is 28.0. The van der Waals surface area contributed by atoms with Crippen LogP contribution in [-0.2, 0) is 13.6 Å². The maximum absolute atomic E-state index is 11.8. The van der Waals surface area contributed by atoms with Crippen LogP contribution >= 0.6 is 11.3 Å². The van der Waals surface area contributed by atoms with Crippen molar-refractivity contribution in [3.63, 3.8) is 0 Å². The predicted molar refractivity (Wildman–Crippen MR) is 102 cm³/mol. The Hall–Kier alpha value is -3.39. The highest BCUT2D eigenvalue weighted by atomic mass is 32.1. The fourth-order valence-electron chi connectivity index (χ4n) is 2.60. The molecule has 1 amide bonds. The van der Waals surface area contributed by atoms with Gasteiger partial charge in [0.2, 0.25) is 0 Å². The lowest BCUT2D eigenvalue weighted by Gasteiger charge is -2.04. The van der Waals surface area contributed by atoms with Gasteiger partial charge in [-0.2, -0.15) is 0 Å². The number of nitrogens with zero attached hydrogens (tertiary/aromatic N) is 2. The van der Waals surface area contributed by atoms with E-state index >= 15 is 0 Å². The molecule has 136 valence electrons. The zero-order valence-corrected chi connectivity index (χ0v) is 15.2. The second kappa shape index (κ2) is 7.08. The number of oxazole rings is 1. The third-order valence-corrected chi connectivity index (χ3v) is 4.83. The van der Waals surface area contributed by atoms with Gasteiger partial charge in [0.05, 0.1) is 17.8 Å². The first-order chi connectivity index (χ1) is 13.1. The number of hydrogen-bond donors (Lipinski definition) is 1. The largest absolute Gasteiger partial charge is 0.419 e. The van der Waals surface area contributed by atoms with E-state index in [4.69, 9.17) is 9.15 Å². The summed E-state index contributed by atoms with van der Waals surface area (Å²) in [6, 6.07) is 14.3. The number of thiazole rings is 1. The number of amides is 1. The van der Waals surface area contributed by atoms with Gasteiger partial charge >= 0.3 is 11.8 Å². The first-order valence-corrected chi connectivity index (χ1v) is 9.03. The highest BCUT2D eigenvalue weighted by Crippen LogP contribution is 2.25. The number of aryl methyl sites for hydroxylation is 1. The van der Waals surface area contributed by atoms with Gasteiger partial charge in [-0.25, -0.2) is 14.6 Å². The fraction of sp³-hybridized carbons (Fsp3) is 0.105. The minimum absolute atomic E-state index is 0.263. The summed E-state index contributed by atoms with van der Waals surface area (Å²) in [7, 11) is 1.66. The zero-order chi connectivity index (χ0) is 18.8. The minimum Gasteiger partial charge on any atom is -0.410 e. The molecule has 0 aliphatic carbocycles. The van der Waals surface area contributed by atoms with Crippen molar-refractivity contribution in [2.75, 3.05) is 0 Å². The smallest absolute Gasteiger partial charge is 0.410 e. The molecule has 0 unspecified atom stereocenters. The summed E-state index contributed by atoms with van der Waals surface area (Å²) in [5.41, 5.74) is 2.83. The molecule has 0 atom stereocenters. The van der Waals surface area contributed by atoms with Gasteiger partial charge in [0.25, 0.3) is 0 Å². The molecule has 0 spiro atoms. The maximum Gasteiger partial charge on any atom is 0.419 e. The molecule has 27 heavy (non-hydrogen) atoms. The lowest BCUT2D eigenvalue weighted by Crippen LogP contribution is -2.26. The first kappa shape index (κ1) is 17.0. The van der Waals surface area contributed by atoms with Crippen molar-refractivity contribution in [2.24, 2.45) is 7.05 Å².